The maximum Gasteiger partial charge on any atom is 0.165 e. The highest BCUT2D eigenvalue weighted by Gasteiger charge is 2.33. The number of hydrogen-bond donors (Lipinski definition) is 1. The van der Waals surface area contributed by atoms with Gasteiger partial charge in [-0.15, -0.1) is 0 Å². The van der Waals surface area contributed by atoms with E-state index in [-0.39, 0.29) is 11.4 Å². The van der Waals surface area contributed by atoms with Crippen LogP contribution in [0.1, 0.15) is 24.8 Å². The third kappa shape index (κ3) is 4.21. The lowest BCUT2D eigenvalue weighted by molar-refractivity contribution is -0.0548. The molecule has 0 spiro atoms. The number of aromatic amines is 1. The lowest BCUT2D eigenvalue weighted by atomic mass is 9.95. The molecular formula is C23H27FN2O2. The number of fused-ring (bicyclic) bond motifs is 1. The van der Waals surface area contributed by atoms with Crippen molar-refractivity contribution in [1.82, 2.24) is 9.88 Å². The zero-order valence-electron chi connectivity index (χ0n) is 16.3. The molecule has 0 aliphatic carbocycles. The zero-order valence-corrected chi connectivity index (χ0v) is 16.3. The average molecular weight is 382 g/mol. The largest absolute Gasteiger partial charge is 0.488 e. The third-order valence-electron chi connectivity index (χ3n) is 5.77. The number of H-pyrrole nitrogens is 1. The number of halogens is 1. The first-order valence-corrected chi connectivity index (χ1v) is 9.88. The van der Waals surface area contributed by atoms with Crippen LogP contribution in [0.15, 0.2) is 54.7 Å². The molecule has 1 aliphatic rings. The molecule has 0 saturated carbocycles. The molecule has 1 aromatic heterocycles. The van der Waals surface area contributed by atoms with Gasteiger partial charge in [0.1, 0.15) is 12.2 Å². The van der Waals surface area contributed by atoms with E-state index in [4.69, 9.17) is 9.47 Å². The first kappa shape index (κ1) is 19.0. The molecule has 148 valence electrons. The van der Waals surface area contributed by atoms with Gasteiger partial charge in [-0.2, -0.15) is 0 Å². The molecule has 0 amide bonds. The van der Waals surface area contributed by atoms with Gasteiger partial charge in [0.25, 0.3) is 0 Å². The molecule has 0 radical (unpaired) electrons. The minimum Gasteiger partial charge on any atom is -0.488 e. The molecule has 2 aromatic carbocycles. The fraction of sp³-hybridized carbons (Fsp3) is 0.391. The van der Waals surface area contributed by atoms with Crippen LogP contribution in [-0.4, -0.2) is 42.3 Å². The van der Waals surface area contributed by atoms with Crippen LogP contribution in [-0.2, 0) is 11.3 Å². The van der Waals surface area contributed by atoms with Crippen LogP contribution in [0, 0.1) is 5.82 Å². The Kier molecular flexibility index (Phi) is 5.64. The molecule has 28 heavy (non-hydrogen) atoms. The monoisotopic (exact) mass is 382 g/mol. The number of aromatic nitrogens is 1. The number of nitrogens with zero attached hydrogens (tertiary/aromatic N) is 1. The fourth-order valence-electron chi connectivity index (χ4n) is 4.02. The van der Waals surface area contributed by atoms with E-state index in [0.29, 0.717) is 12.4 Å². The molecule has 0 bridgehead atoms. The lowest BCUT2D eigenvalue weighted by Gasteiger charge is -2.31. The molecule has 1 saturated heterocycles. The lowest BCUT2D eigenvalue weighted by Crippen LogP contribution is -2.39. The van der Waals surface area contributed by atoms with E-state index in [1.54, 1.807) is 25.3 Å². The van der Waals surface area contributed by atoms with Crippen LogP contribution < -0.4 is 4.74 Å². The Balaban J connectivity index is 1.39. The van der Waals surface area contributed by atoms with Gasteiger partial charge in [-0.1, -0.05) is 18.2 Å². The summed E-state index contributed by atoms with van der Waals surface area (Å²) in [5.74, 6) is -0.0380. The first-order chi connectivity index (χ1) is 13.7. The maximum absolute atomic E-state index is 13.9. The maximum atomic E-state index is 13.9. The smallest absolute Gasteiger partial charge is 0.165 e. The minimum atomic E-state index is -0.373. The normalized spacial score (nSPS) is 20.9. The van der Waals surface area contributed by atoms with Gasteiger partial charge >= 0.3 is 0 Å². The van der Waals surface area contributed by atoms with Crippen LogP contribution >= 0.6 is 0 Å². The highest BCUT2D eigenvalue weighted by Crippen LogP contribution is 2.29. The second-order valence-electron chi connectivity index (χ2n) is 7.64. The van der Waals surface area contributed by atoms with Crippen LogP contribution in [0.3, 0.4) is 0 Å². The first-order valence-electron chi connectivity index (χ1n) is 9.88. The second kappa shape index (κ2) is 8.33. The number of methoxy groups -OCH3 is 1. The summed E-state index contributed by atoms with van der Waals surface area (Å²) in [6.45, 7) is 3.25. The second-order valence-corrected chi connectivity index (χ2v) is 7.64. The van der Waals surface area contributed by atoms with Gasteiger partial charge in [-0.05, 0) is 67.1 Å². The summed E-state index contributed by atoms with van der Waals surface area (Å²) in [7, 11) is 1.74. The predicted octanol–water partition coefficient (Wildman–Crippen LogP) is 4.76. The summed E-state index contributed by atoms with van der Waals surface area (Å²) in [4.78, 5) is 5.71. The number of nitrogens with one attached hydrogen (secondary N) is 1. The van der Waals surface area contributed by atoms with Crippen molar-refractivity contribution in [2.75, 3.05) is 26.8 Å². The van der Waals surface area contributed by atoms with Crippen LogP contribution in [0.25, 0.3) is 10.9 Å². The summed E-state index contributed by atoms with van der Waals surface area (Å²) in [5.41, 5.74) is 2.12. The molecule has 1 aliphatic heterocycles. The van der Waals surface area contributed by atoms with E-state index in [1.807, 2.05) is 6.20 Å². The topological polar surface area (TPSA) is 37.5 Å². The van der Waals surface area contributed by atoms with Gasteiger partial charge in [0.15, 0.2) is 11.6 Å². The molecule has 4 nitrogen and oxygen atoms in total. The summed E-state index contributed by atoms with van der Waals surface area (Å²) in [6.07, 6.45) is 4.78. The van der Waals surface area contributed by atoms with E-state index >= 15 is 0 Å². The van der Waals surface area contributed by atoms with Gasteiger partial charge < -0.3 is 14.5 Å². The molecule has 0 unspecified atom stereocenters. The fourth-order valence-corrected chi connectivity index (χ4v) is 4.02. The third-order valence-corrected chi connectivity index (χ3v) is 5.77. The van der Waals surface area contributed by atoms with Crippen molar-refractivity contribution in [3.05, 3.63) is 66.1 Å². The summed E-state index contributed by atoms with van der Waals surface area (Å²) in [6, 6.07) is 15.2. The van der Waals surface area contributed by atoms with E-state index < -0.39 is 0 Å². The van der Waals surface area contributed by atoms with Gasteiger partial charge in [-0.3, -0.25) is 4.90 Å². The molecule has 4 rings (SSSR count). The summed E-state index contributed by atoms with van der Waals surface area (Å²) in [5, 5.41) is 1.25. The Morgan fingerprint density at radius 3 is 2.86 bits per heavy atom. The van der Waals surface area contributed by atoms with Crippen molar-refractivity contribution >= 4 is 10.9 Å². The van der Waals surface area contributed by atoms with Crippen molar-refractivity contribution in [1.29, 1.82) is 0 Å². The molecule has 2 heterocycles. The quantitative estimate of drug-likeness (QED) is 0.668. The Morgan fingerprint density at radius 2 is 2.00 bits per heavy atom. The molecule has 1 fully saturated rings. The number of rotatable bonds is 6. The number of hydrogen-bond acceptors (Lipinski definition) is 3. The molecule has 5 heteroatoms. The highest BCUT2D eigenvalue weighted by atomic mass is 19.1. The van der Waals surface area contributed by atoms with E-state index in [2.05, 4.69) is 34.1 Å². The standard InChI is InChI=1S/C23H27FN2O2/c1-27-23(17-28-22-6-3-2-5-20(22)24)10-4-13-26(14-11-23)16-18-7-8-21-19(15-18)9-12-25-21/h2-3,5-9,12,15,25H,4,10-11,13-14,16-17H2,1H3/t23-/m0/s1. The van der Waals surface area contributed by atoms with Crippen molar-refractivity contribution in [3.8, 4) is 5.75 Å². The van der Waals surface area contributed by atoms with Crippen LogP contribution in [0.5, 0.6) is 5.75 Å². The molecule has 1 N–H and O–H groups in total. The predicted molar refractivity (Wildman–Crippen MR) is 109 cm³/mol. The van der Waals surface area contributed by atoms with E-state index in [0.717, 1.165) is 38.9 Å². The Morgan fingerprint density at radius 1 is 1.11 bits per heavy atom. The van der Waals surface area contributed by atoms with Crippen molar-refractivity contribution < 1.29 is 13.9 Å². The number of likely N-dealkylation sites (tertiary alicyclic amines) is 1. The van der Waals surface area contributed by atoms with Gasteiger partial charge in [0, 0.05) is 31.9 Å². The molecular weight excluding hydrogens is 355 g/mol. The van der Waals surface area contributed by atoms with Gasteiger partial charge in [-0.25, -0.2) is 4.39 Å². The number of benzene rings is 2. The molecule has 3 aromatic rings. The molecule has 1 atom stereocenters. The van der Waals surface area contributed by atoms with Crippen molar-refractivity contribution in [3.63, 3.8) is 0 Å². The van der Waals surface area contributed by atoms with Crippen molar-refractivity contribution in [2.24, 2.45) is 0 Å². The van der Waals surface area contributed by atoms with Crippen LogP contribution in [0.2, 0.25) is 0 Å². The SMILES string of the molecule is CO[C@@]1(COc2ccccc2F)CCCN(Cc2ccc3[nH]ccc3c2)CC1. The van der Waals surface area contributed by atoms with Gasteiger partial charge in [0.2, 0.25) is 0 Å². The van der Waals surface area contributed by atoms with Gasteiger partial charge in [0.05, 0.1) is 0 Å². The van der Waals surface area contributed by atoms with E-state index in [9.17, 15) is 4.39 Å². The summed E-state index contributed by atoms with van der Waals surface area (Å²) >= 11 is 0. The Bertz CT molecular complexity index is 926. The Hall–Kier alpha value is -2.37. The highest BCUT2D eigenvalue weighted by molar-refractivity contribution is 5.79. The average Bonchev–Trinajstić information content (AvgIpc) is 3.09. The zero-order chi connectivity index (χ0) is 19.4. The van der Waals surface area contributed by atoms with Crippen LogP contribution in [0.4, 0.5) is 4.39 Å². The Labute approximate surface area is 165 Å². The minimum absolute atomic E-state index is 0.292. The number of ether oxygens (including phenoxy) is 2. The van der Waals surface area contributed by atoms with Crippen molar-refractivity contribution in [2.45, 2.75) is 31.4 Å². The summed E-state index contributed by atoms with van der Waals surface area (Å²) < 4.78 is 25.6. The number of para-hydroxylation sites is 1. The van der Waals surface area contributed by atoms with E-state index in [1.165, 1.54) is 22.5 Å².